The Labute approximate surface area is 197 Å². The normalized spacial score (nSPS) is 10.5. The monoisotopic (exact) mass is 455 g/mol. The van der Waals surface area contributed by atoms with Crippen LogP contribution in [0.25, 0.3) is 0 Å². The first kappa shape index (κ1) is 22.8. The average Bonchev–Trinajstić information content (AvgIpc) is 3.33. The third kappa shape index (κ3) is 6.32. The van der Waals surface area contributed by atoms with Gasteiger partial charge in [-0.05, 0) is 55.3 Å². The van der Waals surface area contributed by atoms with Gasteiger partial charge in [0.2, 0.25) is 0 Å². The van der Waals surface area contributed by atoms with E-state index in [-0.39, 0.29) is 24.1 Å². The number of aryl methyl sites for hydroxylation is 1. The standard InChI is InChI=1S/C27H25N3O4/c1-19-6-5-9-21(16-19)26(31)29-22-10-12-23(13-11-22)33-18-24-17-25(30-34-24)27(32)28-15-14-20-7-3-2-4-8-20/h2-13,16-17H,14-15,18H2,1H3,(H,28,32)(H,29,31). The van der Waals surface area contributed by atoms with Crippen LogP contribution in [0.2, 0.25) is 0 Å². The van der Waals surface area contributed by atoms with Crippen molar-refractivity contribution in [2.45, 2.75) is 20.0 Å². The molecule has 2 N–H and O–H groups in total. The SMILES string of the molecule is Cc1cccc(C(=O)Nc2ccc(OCc3cc(C(=O)NCCc4ccccc4)no3)cc2)c1. The van der Waals surface area contributed by atoms with E-state index in [1.807, 2.05) is 55.5 Å². The predicted octanol–water partition coefficient (Wildman–Crippen LogP) is 4.79. The van der Waals surface area contributed by atoms with Gasteiger partial charge in [-0.2, -0.15) is 0 Å². The number of benzene rings is 3. The van der Waals surface area contributed by atoms with E-state index in [4.69, 9.17) is 9.26 Å². The Balaban J connectivity index is 1.24. The molecule has 0 spiro atoms. The molecule has 0 aliphatic carbocycles. The zero-order valence-corrected chi connectivity index (χ0v) is 18.8. The van der Waals surface area contributed by atoms with Crippen molar-refractivity contribution >= 4 is 17.5 Å². The Hall–Kier alpha value is -4.39. The smallest absolute Gasteiger partial charge is 0.273 e. The highest BCUT2D eigenvalue weighted by molar-refractivity contribution is 6.04. The summed E-state index contributed by atoms with van der Waals surface area (Å²) < 4.78 is 10.9. The van der Waals surface area contributed by atoms with E-state index in [0.717, 1.165) is 17.5 Å². The molecule has 0 saturated carbocycles. The van der Waals surface area contributed by atoms with E-state index in [2.05, 4.69) is 15.8 Å². The summed E-state index contributed by atoms with van der Waals surface area (Å²) >= 11 is 0. The van der Waals surface area contributed by atoms with Crippen LogP contribution in [0, 0.1) is 6.92 Å². The molecule has 7 heteroatoms. The van der Waals surface area contributed by atoms with Gasteiger partial charge < -0.3 is 19.9 Å². The van der Waals surface area contributed by atoms with Crippen LogP contribution in [-0.4, -0.2) is 23.5 Å². The lowest BCUT2D eigenvalue weighted by Gasteiger charge is -2.08. The van der Waals surface area contributed by atoms with E-state index in [1.54, 1.807) is 36.4 Å². The molecule has 172 valence electrons. The van der Waals surface area contributed by atoms with Crippen LogP contribution in [0.3, 0.4) is 0 Å². The molecule has 1 aromatic heterocycles. The van der Waals surface area contributed by atoms with Crippen molar-refractivity contribution < 1.29 is 18.8 Å². The summed E-state index contributed by atoms with van der Waals surface area (Å²) in [6.07, 6.45) is 0.738. The van der Waals surface area contributed by atoms with Gasteiger partial charge in [0.05, 0.1) is 0 Å². The first-order valence-electron chi connectivity index (χ1n) is 11.0. The number of hydrogen-bond acceptors (Lipinski definition) is 5. The van der Waals surface area contributed by atoms with Gasteiger partial charge in [0.1, 0.15) is 12.4 Å². The second-order valence-corrected chi connectivity index (χ2v) is 7.81. The summed E-state index contributed by atoms with van der Waals surface area (Å²) in [6.45, 7) is 2.58. The van der Waals surface area contributed by atoms with Crippen LogP contribution >= 0.6 is 0 Å². The number of ether oxygens (including phenoxy) is 1. The molecule has 0 bridgehead atoms. The molecule has 2 amide bonds. The maximum atomic E-state index is 12.4. The van der Waals surface area contributed by atoms with Crippen LogP contribution in [-0.2, 0) is 13.0 Å². The molecule has 4 aromatic rings. The molecule has 1 heterocycles. The third-order valence-corrected chi connectivity index (χ3v) is 5.11. The van der Waals surface area contributed by atoms with Crippen molar-refractivity contribution in [1.29, 1.82) is 0 Å². The lowest BCUT2D eigenvalue weighted by Crippen LogP contribution is -2.25. The second kappa shape index (κ2) is 11.0. The molecule has 34 heavy (non-hydrogen) atoms. The average molecular weight is 456 g/mol. The Bertz CT molecular complexity index is 1250. The Kier molecular flexibility index (Phi) is 7.35. The van der Waals surface area contributed by atoms with Gasteiger partial charge in [-0.15, -0.1) is 0 Å². The summed E-state index contributed by atoms with van der Waals surface area (Å²) in [7, 11) is 0. The number of carbonyl (C=O) groups is 2. The van der Waals surface area contributed by atoms with Gasteiger partial charge in [-0.3, -0.25) is 9.59 Å². The van der Waals surface area contributed by atoms with Crippen LogP contribution in [0.15, 0.2) is 89.5 Å². The highest BCUT2D eigenvalue weighted by Gasteiger charge is 2.13. The molecular weight excluding hydrogens is 430 g/mol. The Morgan fingerprint density at radius 1 is 0.912 bits per heavy atom. The minimum atomic E-state index is -0.292. The zero-order chi connectivity index (χ0) is 23.8. The maximum absolute atomic E-state index is 12.4. The van der Waals surface area contributed by atoms with E-state index < -0.39 is 0 Å². The molecule has 0 radical (unpaired) electrons. The molecule has 0 aliphatic heterocycles. The molecular formula is C27H25N3O4. The quantitative estimate of drug-likeness (QED) is 0.379. The highest BCUT2D eigenvalue weighted by atomic mass is 16.5. The van der Waals surface area contributed by atoms with Crippen molar-refractivity contribution in [3.05, 3.63) is 113 Å². The van der Waals surface area contributed by atoms with Crippen LogP contribution in [0.1, 0.15) is 37.7 Å². The number of rotatable bonds is 9. The fourth-order valence-corrected chi connectivity index (χ4v) is 3.32. The molecule has 4 rings (SSSR count). The minimum Gasteiger partial charge on any atom is -0.486 e. The van der Waals surface area contributed by atoms with Gasteiger partial charge in [0.25, 0.3) is 11.8 Å². The number of aromatic nitrogens is 1. The predicted molar refractivity (Wildman–Crippen MR) is 129 cm³/mol. The summed E-state index contributed by atoms with van der Waals surface area (Å²) in [4.78, 5) is 24.6. The van der Waals surface area contributed by atoms with Crippen molar-refractivity contribution in [2.75, 3.05) is 11.9 Å². The Morgan fingerprint density at radius 2 is 1.71 bits per heavy atom. The van der Waals surface area contributed by atoms with Crippen molar-refractivity contribution in [3.8, 4) is 5.75 Å². The van der Waals surface area contributed by atoms with Gasteiger partial charge in [0, 0.05) is 23.9 Å². The summed E-state index contributed by atoms with van der Waals surface area (Å²) in [5, 5.41) is 9.52. The molecule has 0 saturated heterocycles. The molecule has 0 fully saturated rings. The van der Waals surface area contributed by atoms with Crippen LogP contribution in [0.5, 0.6) is 5.75 Å². The van der Waals surface area contributed by atoms with Crippen LogP contribution < -0.4 is 15.4 Å². The van der Waals surface area contributed by atoms with Gasteiger partial charge in [-0.25, -0.2) is 0 Å². The fraction of sp³-hybridized carbons (Fsp3) is 0.148. The van der Waals surface area contributed by atoms with Gasteiger partial charge in [-0.1, -0.05) is 53.2 Å². The number of carbonyl (C=O) groups excluding carboxylic acids is 2. The summed E-state index contributed by atoms with van der Waals surface area (Å²) in [6, 6.07) is 25.9. The van der Waals surface area contributed by atoms with Crippen molar-refractivity contribution in [3.63, 3.8) is 0 Å². The zero-order valence-electron chi connectivity index (χ0n) is 18.8. The van der Waals surface area contributed by atoms with Crippen molar-refractivity contribution in [2.24, 2.45) is 0 Å². The van der Waals surface area contributed by atoms with E-state index in [1.165, 1.54) is 0 Å². The maximum Gasteiger partial charge on any atom is 0.273 e. The van der Waals surface area contributed by atoms with E-state index in [9.17, 15) is 9.59 Å². The highest BCUT2D eigenvalue weighted by Crippen LogP contribution is 2.18. The summed E-state index contributed by atoms with van der Waals surface area (Å²) in [5.41, 5.74) is 3.65. The molecule has 0 atom stereocenters. The van der Waals surface area contributed by atoms with E-state index in [0.29, 0.717) is 29.3 Å². The van der Waals surface area contributed by atoms with Crippen molar-refractivity contribution in [1.82, 2.24) is 10.5 Å². The van der Waals surface area contributed by atoms with E-state index >= 15 is 0 Å². The lowest BCUT2D eigenvalue weighted by molar-refractivity contribution is 0.0944. The number of anilines is 1. The molecule has 0 aliphatic rings. The largest absolute Gasteiger partial charge is 0.486 e. The van der Waals surface area contributed by atoms with Gasteiger partial charge in [0.15, 0.2) is 11.5 Å². The molecule has 3 aromatic carbocycles. The molecule has 0 unspecified atom stereocenters. The number of hydrogen-bond donors (Lipinski definition) is 2. The number of nitrogens with zero attached hydrogens (tertiary/aromatic N) is 1. The third-order valence-electron chi connectivity index (χ3n) is 5.11. The molecule has 7 nitrogen and oxygen atoms in total. The fourth-order valence-electron chi connectivity index (χ4n) is 3.32. The lowest BCUT2D eigenvalue weighted by atomic mass is 10.1. The number of nitrogens with one attached hydrogen (secondary N) is 2. The van der Waals surface area contributed by atoms with Gasteiger partial charge >= 0.3 is 0 Å². The summed E-state index contributed by atoms with van der Waals surface area (Å²) in [5.74, 6) is 0.567. The van der Waals surface area contributed by atoms with Crippen LogP contribution in [0.4, 0.5) is 5.69 Å². The minimum absolute atomic E-state index is 0.124. The second-order valence-electron chi connectivity index (χ2n) is 7.81. The Morgan fingerprint density at radius 3 is 2.47 bits per heavy atom. The first-order chi connectivity index (χ1) is 16.6. The topological polar surface area (TPSA) is 93.5 Å². The first-order valence-corrected chi connectivity index (χ1v) is 11.0. The number of amides is 2.